The third-order valence-electron chi connectivity index (χ3n) is 2.57. The molecule has 0 nitrogen and oxygen atoms in total. The number of halogens is 1. The molecule has 0 aliphatic rings. The number of aryl methyl sites for hydroxylation is 2. The van der Waals surface area contributed by atoms with Crippen molar-refractivity contribution in [3.63, 3.8) is 0 Å². The van der Waals surface area contributed by atoms with Crippen LogP contribution in [-0.4, -0.2) is 0 Å². The first-order chi connectivity index (χ1) is 6.77. The topological polar surface area (TPSA) is 0 Å². The van der Waals surface area contributed by atoms with Gasteiger partial charge in [-0.15, -0.1) is 0 Å². The minimum Gasteiger partial charge on any atom is -0.207 e. The molecule has 1 aromatic carbocycles. The standard InChI is InChI=1S/C13H19F/c1-3-5-6-7-12-10-11(4-2)8-9-13(12)14/h8-10H,3-7H2,1-2H3. The summed E-state index contributed by atoms with van der Waals surface area (Å²) >= 11 is 0. The van der Waals surface area contributed by atoms with Gasteiger partial charge in [-0.1, -0.05) is 38.8 Å². The molecule has 1 rings (SSSR count). The van der Waals surface area contributed by atoms with Crippen LogP contribution in [-0.2, 0) is 12.8 Å². The van der Waals surface area contributed by atoms with Crippen LogP contribution in [0.15, 0.2) is 18.2 Å². The zero-order valence-corrected chi connectivity index (χ0v) is 9.15. The number of benzene rings is 1. The van der Waals surface area contributed by atoms with E-state index in [1.54, 1.807) is 6.07 Å². The van der Waals surface area contributed by atoms with Gasteiger partial charge in [0, 0.05) is 0 Å². The summed E-state index contributed by atoms with van der Waals surface area (Å²) in [4.78, 5) is 0. The molecule has 78 valence electrons. The number of hydrogen-bond acceptors (Lipinski definition) is 0. The lowest BCUT2D eigenvalue weighted by atomic mass is 10.0. The van der Waals surface area contributed by atoms with Crippen molar-refractivity contribution in [2.75, 3.05) is 0 Å². The molecular formula is C13H19F. The third-order valence-corrected chi connectivity index (χ3v) is 2.57. The molecule has 0 amide bonds. The average Bonchev–Trinajstić information content (AvgIpc) is 2.21. The van der Waals surface area contributed by atoms with Gasteiger partial charge in [0.1, 0.15) is 5.82 Å². The maximum atomic E-state index is 13.3. The average molecular weight is 194 g/mol. The number of rotatable bonds is 5. The van der Waals surface area contributed by atoms with Crippen LogP contribution >= 0.6 is 0 Å². The van der Waals surface area contributed by atoms with Gasteiger partial charge in [-0.25, -0.2) is 4.39 Å². The zero-order chi connectivity index (χ0) is 10.4. The highest BCUT2D eigenvalue weighted by Gasteiger charge is 2.02. The highest BCUT2D eigenvalue weighted by atomic mass is 19.1. The quantitative estimate of drug-likeness (QED) is 0.618. The van der Waals surface area contributed by atoms with E-state index in [-0.39, 0.29) is 5.82 Å². The molecule has 0 atom stereocenters. The minimum atomic E-state index is -0.0432. The fourth-order valence-electron chi connectivity index (χ4n) is 1.61. The van der Waals surface area contributed by atoms with Gasteiger partial charge < -0.3 is 0 Å². The summed E-state index contributed by atoms with van der Waals surface area (Å²) in [6.45, 7) is 4.27. The molecule has 0 aliphatic carbocycles. The molecule has 0 unspecified atom stereocenters. The summed E-state index contributed by atoms with van der Waals surface area (Å²) in [5.74, 6) is -0.0432. The Kier molecular flexibility index (Phi) is 4.64. The minimum absolute atomic E-state index is 0.0432. The van der Waals surface area contributed by atoms with E-state index in [2.05, 4.69) is 13.8 Å². The highest BCUT2D eigenvalue weighted by molar-refractivity contribution is 5.25. The number of unbranched alkanes of at least 4 members (excludes halogenated alkanes) is 2. The van der Waals surface area contributed by atoms with Crippen LogP contribution in [0.5, 0.6) is 0 Å². The van der Waals surface area contributed by atoms with Crippen molar-refractivity contribution in [1.29, 1.82) is 0 Å². The maximum Gasteiger partial charge on any atom is 0.126 e. The van der Waals surface area contributed by atoms with Gasteiger partial charge in [0.2, 0.25) is 0 Å². The molecule has 0 radical (unpaired) electrons. The third kappa shape index (κ3) is 3.13. The van der Waals surface area contributed by atoms with E-state index in [1.807, 2.05) is 12.1 Å². The summed E-state index contributed by atoms with van der Waals surface area (Å²) in [5.41, 5.74) is 2.12. The lowest BCUT2D eigenvalue weighted by molar-refractivity contribution is 0.598. The SMILES string of the molecule is CCCCCc1cc(CC)ccc1F. The first-order valence-corrected chi connectivity index (χ1v) is 5.55. The number of hydrogen-bond donors (Lipinski definition) is 0. The predicted molar refractivity (Wildman–Crippen MR) is 59.0 cm³/mol. The van der Waals surface area contributed by atoms with E-state index >= 15 is 0 Å². The molecule has 1 aromatic rings. The van der Waals surface area contributed by atoms with Crippen molar-refractivity contribution in [2.24, 2.45) is 0 Å². The first kappa shape index (κ1) is 11.2. The van der Waals surface area contributed by atoms with Crippen molar-refractivity contribution in [2.45, 2.75) is 46.0 Å². The second-order valence-electron chi connectivity index (χ2n) is 3.74. The fourth-order valence-corrected chi connectivity index (χ4v) is 1.61. The van der Waals surface area contributed by atoms with Crippen LogP contribution in [0.25, 0.3) is 0 Å². The lowest BCUT2D eigenvalue weighted by Crippen LogP contribution is -1.93. The second-order valence-corrected chi connectivity index (χ2v) is 3.74. The van der Waals surface area contributed by atoms with Gasteiger partial charge >= 0.3 is 0 Å². The van der Waals surface area contributed by atoms with E-state index in [9.17, 15) is 4.39 Å². The van der Waals surface area contributed by atoms with E-state index in [4.69, 9.17) is 0 Å². The summed E-state index contributed by atoms with van der Waals surface area (Å²) in [6.07, 6.45) is 5.35. The van der Waals surface area contributed by atoms with Crippen LogP contribution in [0.3, 0.4) is 0 Å². The summed E-state index contributed by atoms with van der Waals surface area (Å²) in [6, 6.07) is 5.48. The Morgan fingerprint density at radius 1 is 1.14 bits per heavy atom. The Labute approximate surface area is 86.2 Å². The van der Waals surface area contributed by atoms with Gasteiger partial charge in [-0.3, -0.25) is 0 Å². The monoisotopic (exact) mass is 194 g/mol. The zero-order valence-electron chi connectivity index (χ0n) is 9.15. The van der Waals surface area contributed by atoms with Crippen molar-refractivity contribution in [3.05, 3.63) is 35.1 Å². The van der Waals surface area contributed by atoms with Crippen molar-refractivity contribution in [3.8, 4) is 0 Å². The Hall–Kier alpha value is -0.850. The predicted octanol–water partition coefficient (Wildman–Crippen LogP) is 4.12. The van der Waals surface area contributed by atoms with E-state index in [1.165, 1.54) is 18.4 Å². The Balaban J connectivity index is 2.64. The summed E-state index contributed by atoms with van der Waals surface area (Å²) < 4.78 is 13.3. The van der Waals surface area contributed by atoms with Crippen molar-refractivity contribution >= 4 is 0 Å². The lowest BCUT2D eigenvalue weighted by Gasteiger charge is -2.05. The Morgan fingerprint density at radius 2 is 1.93 bits per heavy atom. The van der Waals surface area contributed by atoms with E-state index in [0.29, 0.717) is 0 Å². The van der Waals surface area contributed by atoms with Gasteiger partial charge in [0.25, 0.3) is 0 Å². The molecular weight excluding hydrogens is 175 g/mol. The molecule has 0 bridgehead atoms. The summed E-state index contributed by atoms with van der Waals surface area (Å²) in [7, 11) is 0. The molecule has 0 saturated heterocycles. The van der Waals surface area contributed by atoms with Gasteiger partial charge in [-0.05, 0) is 36.5 Å². The van der Waals surface area contributed by atoms with Crippen molar-refractivity contribution in [1.82, 2.24) is 0 Å². The van der Waals surface area contributed by atoms with Crippen molar-refractivity contribution < 1.29 is 4.39 Å². The molecule has 0 aliphatic heterocycles. The van der Waals surface area contributed by atoms with Gasteiger partial charge in [0.15, 0.2) is 0 Å². The normalized spacial score (nSPS) is 10.5. The molecule has 0 N–H and O–H groups in total. The first-order valence-electron chi connectivity index (χ1n) is 5.55. The highest BCUT2D eigenvalue weighted by Crippen LogP contribution is 2.14. The largest absolute Gasteiger partial charge is 0.207 e. The van der Waals surface area contributed by atoms with Crippen LogP contribution in [0.1, 0.15) is 44.2 Å². The molecule has 0 aromatic heterocycles. The fraction of sp³-hybridized carbons (Fsp3) is 0.538. The van der Waals surface area contributed by atoms with E-state index in [0.717, 1.165) is 24.8 Å². The Morgan fingerprint density at radius 3 is 2.57 bits per heavy atom. The molecule has 0 heterocycles. The van der Waals surface area contributed by atoms with Crippen LogP contribution in [0, 0.1) is 5.82 Å². The molecule has 14 heavy (non-hydrogen) atoms. The van der Waals surface area contributed by atoms with Crippen LogP contribution < -0.4 is 0 Å². The molecule has 0 fully saturated rings. The molecule has 1 heteroatoms. The molecule has 0 saturated carbocycles. The maximum absolute atomic E-state index is 13.3. The van der Waals surface area contributed by atoms with E-state index < -0.39 is 0 Å². The van der Waals surface area contributed by atoms with Crippen LogP contribution in [0.4, 0.5) is 4.39 Å². The molecule has 0 spiro atoms. The smallest absolute Gasteiger partial charge is 0.126 e. The second kappa shape index (κ2) is 5.79. The Bertz CT molecular complexity index is 279. The van der Waals surface area contributed by atoms with Crippen LogP contribution in [0.2, 0.25) is 0 Å². The van der Waals surface area contributed by atoms with Gasteiger partial charge in [-0.2, -0.15) is 0 Å². The summed E-state index contributed by atoms with van der Waals surface area (Å²) in [5, 5.41) is 0. The van der Waals surface area contributed by atoms with Gasteiger partial charge in [0.05, 0.1) is 0 Å².